The van der Waals surface area contributed by atoms with Gasteiger partial charge < -0.3 is 5.11 Å². The van der Waals surface area contributed by atoms with Gasteiger partial charge >= 0.3 is 0 Å². The average molecular weight is 370 g/mol. The molecule has 1 aliphatic rings. The Bertz CT molecular complexity index is 656. The van der Waals surface area contributed by atoms with Crippen LogP contribution in [-0.2, 0) is 0 Å². The summed E-state index contributed by atoms with van der Waals surface area (Å²) in [7, 11) is 1.80. The minimum Gasteiger partial charge on any atom is -0.385 e. The van der Waals surface area contributed by atoms with E-state index < -0.39 is 17.7 Å². The molecule has 132 valence electrons. The van der Waals surface area contributed by atoms with Crippen molar-refractivity contribution in [2.75, 3.05) is 0 Å². The molecule has 0 aromatic carbocycles. The van der Waals surface area contributed by atoms with Crippen LogP contribution in [0.3, 0.4) is 0 Å². The van der Waals surface area contributed by atoms with Gasteiger partial charge in [0.25, 0.3) is 0 Å². The fourth-order valence-corrected chi connectivity index (χ4v) is 3.78. The van der Waals surface area contributed by atoms with Gasteiger partial charge in [0, 0.05) is 15.4 Å². The average Bonchev–Trinajstić information content (AvgIpc) is 2.71. The minimum absolute atomic E-state index is 0.158. The van der Waals surface area contributed by atoms with Gasteiger partial charge in [-0.25, -0.2) is 8.78 Å². The standard InChI is InChI=1S/C19H25F2OPS/c1-7-12(6)10-13(8-2)24-14(9-3)16-15(11(4)5)18(22)19(21,23)17(16)20/h7-10,17-18,22H,2,4,23H2,1,3,5-6H3/b12-7-,13-10+,14-9+. The third kappa shape index (κ3) is 4.17. The molecule has 0 aromatic heterocycles. The Morgan fingerprint density at radius 1 is 1.29 bits per heavy atom. The van der Waals surface area contributed by atoms with E-state index in [4.69, 9.17) is 0 Å². The molecule has 24 heavy (non-hydrogen) atoms. The van der Waals surface area contributed by atoms with Gasteiger partial charge in [-0.15, -0.1) is 0 Å². The molecule has 0 saturated carbocycles. The number of aliphatic hydroxyl groups is 1. The van der Waals surface area contributed by atoms with Crippen molar-refractivity contribution in [3.63, 3.8) is 0 Å². The van der Waals surface area contributed by atoms with Crippen molar-refractivity contribution < 1.29 is 13.9 Å². The molecule has 0 radical (unpaired) electrons. The number of alkyl halides is 2. The second kappa shape index (κ2) is 8.42. The van der Waals surface area contributed by atoms with E-state index in [1.807, 2.05) is 26.0 Å². The normalized spacial score (nSPS) is 29.2. The van der Waals surface area contributed by atoms with Crippen molar-refractivity contribution in [3.05, 3.63) is 69.6 Å². The van der Waals surface area contributed by atoms with Crippen LogP contribution >= 0.6 is 21.0 Å². The maximum absolute atomic E-state index is 14.8. The van der Waals surface area contributed by atoms with Gasteiger partial charge in [-0.1, -0.05) is 63.5 Å². The number of aliphatic hydroxyl groups excluding tert-OH is 1. The molecule has 0 bridgehead atoms. The van der Waals surface area contributed by atoms with Gasteiger partial charge in [0.15, 0.2) is 11.6 Å². The molecule has 4 unspecified atom stereocenters. The van der Waals surface area contributed by atoms with Crippen LogP contribution < -0.4 is 0 Å². The third-order valence-electron chi connectivity index (χ3n) is 3.87. The molecule has 4 atom stereocenters. The predicted octanol–water partition coefficient (Wildman–Crippen LogP) is 5.79. The van der Waals surface area contributed by atoms with Gasteiger partial charge in [0.2, 0.25) is 0 Å². The van der Waals surface area contributed by atoms with Gasteiger partial charge in [-0.05, 0) is 39.3 Å². The van der Waals surface area contributed by atoms with Crippen LogP contribution in [0.5, 0.6) is 0 Å². The smallest absolute Gasteiger partial charge is 0.188 e. The van der Waals surface area contributed by atoms with Crippen molar-refractivity contribution in [3.8, 4) is 0 Å². The highest BCUT2D eigenvalue weighted by atomic mass is 32.2. The van der Waals surface area contributed by atoms with Crippen LogP contribution in [0.4, 0.5) is 8.78 Å². The van der Waals surface area contributed by atoms with Crippen molar-refractivity contribution in [1.82, 2.24) is 0 Å². The Kier molecular flexibility index (Phi) is 7.40. The molecule has 0 aromatic rings. The topological polar surface area (TPSA) is 20.2 Å². The number of allylic oxidation sites excluding steroid dienone is 6. The second-order valence-electron chi connectivity index (χ2n) is 5.74. The monoisotopic (exact) mass is 370 g/mol. The van der Waals surface area contributed by atoms with Crippen molar-refractivity contribution in [1.29, 1.82) is 0 Å². The first-order valence-corrected chi connectivity index (χ1v) is 9.02. The summed E-state index contributed by atoms with van der Waals surface area (Å²) in [5, 5.41) is 7.76. The van der Waals surface area contributed by atoms with Crippen LogP contribution in [0.15, 0.2) is 69.6 Å². The van der Waals surface area contributed by atoms with E-state index in [2.05, 4.69) is 13.2 Å². The Balaban J connectivity index is 3.39. The molecule has 1 rings (SSSR count). The summed E-state index contributed by atoms with van der Waals surface area (Å²) in [6.45, 7) is 14.8. The Hall–Kier alpha value is -0.960. The lowest BCUT2D eigenvalue weighted by Gasteiger charge is -2.22. The summed E-state index contributed by atoms with van der Waals surface area (Å²) in [5.41, 5.74) is 1.88. The Morgan fingerprint density at radius 2 is 1.88 bits per heavy atom. The fourth-order valence-electron chi connectivity index (χ4n) is 2.42. The van der Waals surface area contributed by atoms with Crippen molar-refractivity contribution in [2.24, 2.45) is 0 Å². The van der Waals surface area contributed by atoms with Crippen molar-refractivity contribution in [2.45, 2.75) is 45.4 Å². The van der Waals surface area contributed by atoms with Gasteiger partial charge in [0.1, 0.15) is 6.10 Å². The summed E-state index contributed by atoms with van der Waals surface area (Å²) in [6.07, 6.45) is 3.75. The zero-order chi connectivity index (χ0) is 18.7. The van der Waals surface area contributed by atoms with Gasteiger partial charge in [-0.3, -0.25) is 0 Å². The lowest BCUT2D eigenvalue weighted by Crippen LogP contribution is -2.35. The zero-order valence-corrected chi connectivity index (χ0v) is 16.5. The van der Waals surface area contributed by atoms with Crippen LogP contribution in [0.1, 0.15) is 27.7 Å². The van der Waals surface area contributed by atoms with E-state index in [0.717, 1.165) is 10.5 Å². The zero-order valence-electron chi connectivity index (χ0n) is 14.6. The number of halogens is 2. The Morgan fingerprint density at radius 3 is 2.29 bits per heavy atom. The summed E-state index contributed by atoms with van der Waals surface area (Å²) in [5.74, 6) is 0. The van der Waals surface area contributed by atoms with E-state index in [1.165, 1.54) is 11.8 Å². The van der Waals surface area contributed by atoms with Crippen LogP contribution in [0.2, 0.25) is 0 Å². The first-order valence-electron chi connectivity index (χ1n) is 7.63. The van der Waals surface area contributed by atoms with E-state index >= 15 is 0 Å². The molecule has 1 N–H and O–H groups in total. The lowest BCUT2D eigenvalue weighted by molar-refractivity contribution is 0.0551. The van der Waals surface area contributed by atoms with Gasteiger partial charge in [-0.2, -0.15) is 0 Å². The number of hydrogen-bond donors (Lipinski definition) is 1. The first-order chi connectivity index (χ1) is 11.1. The highest BCUT2D eigenvalue weighted by Gasteiger charge is 2.53. The van der Waals surface area contributed by atoms with Crippen LogP contribution in [-0.4, -0.2) is 22.8 Å². The maximum Gasteiger partial charge on any atom is 0.188 e. The molecule has 1 nitrogen and oxygen atoms in total. The maximum atomic E-state index is 14.8. The quantitative estimate of drug-likeness (QED) is 0.472. The van der Waals surface area contributed by atoms with E-state index in [-0.39, 0.29) is 11.1 Å². The number of thioether (sulfide) groups is 1. The third-order valence-corrected chi connectivity index (χ3v) is 5.67. The molecule has 1 aliphatic carbocycles. The number of hydrogen-bond acceptors (Lipinski definition) is 2. The van der Waals surface area contributed by atoms with E-state index in [9.17, 15) is 13.9 Å². The molecule has 0 amide bonds. The first kappa shape index (κ1) is 21.1. The van der Waals surface area contributed by atoms with E-state index in [0.29, 0.717) is 10.5 Å². The molecular weight excluding hydrogens is 345 g/mol. The van der Waals surface area contributed by atoms with Crippen molar-refractivity contribution >= 4 is 21.0 Å². The Labute approximate surface area is 150 Å². The highest BCUT2D eigenvalue weighted by molar-refractivity contribution is 8.07. The minimum atomic E-state index is -2.45. The molecule has 5 heteroatoms. The highest BCUT2D eigenvalue weighted by Crippen LogP contribution is 2.52. The summed E-state index contributed by atoms with van der Waals surface area (Å²) >= 11 is 1.30. The molecular formula is C19H25F2OPS. The molecule has 0 spiro atoms. The summed E-state index contributed by atoms with van der Waals surface area (Å²) in [6, 6.07) is 0. The molecule has 0 heterocycles. The van der Waals surface area contributed by atoms with E-state index in [1.54, 1.807) is 35.2 Å². The van der Waals surface area contributed by atoms with Crippen LogP contribution in [0.25, 0.3) is 0 Å². The summed E-state index contributed by atoms with van der Waals surface area (Å²) < 4.78 is 29.4. The molecule has 0 aliphatic heterocycles. The summed E-state index contributed by atoms with van der Waals surface area (Å²) in [4.78, 5) is 1.37. The van der Waals surface area contributed by atoms with Gasteiger partial charge in [0.05, 0.1) is 0 Å². The molecule has 0 fully saturated rings. The number of rotatable bonds is 6. The SMILES string of the molecule is C=C/C(=C\C(C)=C/C)S/C(=C/C)C1=C(C(=C)C)C(O)C(F)(P)C1F. The van der Waals surface area contributed by atoms with Crippen LogP contribution in [0, 0.1) is 0 Å². The molecule has 0 saturated heterocycles. The fraction of sp³-hybridized carbons (Fsp3) is 0.368. The predicted molar refractivity (Wildman–Crippen MR) is 105 cm³/mol. The lowest BCUT2D eigenvalue weighted by atomic mass is 10.0. The second-order valence-corrected chi connectivity index (χ2v) is 7.74. The largest absolute Gasteiger partial charge is 0.385 e.